The Morgan fingerprint density at radius 2 is 1.79 bits per heavy atom. The molecular formula is C18H23O. The lowest BCUT2D eigenvalue weighted by atomic mass is 9.48. The van der Waals surface area contributed by atoms with E-state index in [1.807, 2.05) is 6.07 Å². The van der Waals surface area contributed by atoms with Crippen molar-refractivity contribution in [3.05, 3.63) is 29.8 Å². The minimum absolute atomic E-state index is 0.626. The maximum Gasteiger partial charge on any atom is 0.127 e. The Labute approximate surface area is 116 Å². The Bertz CT molecular complexity index is 441. The van der Waals surface area contributed by atoms with Gasteiger partial charge in [-0.3, -0.25) is 0 Å². The summed E-state index contributed by atoms with van der Waals surface area (Å²) in [7, 11) is 1.74. The highest BCUT2D eigenvalue weighted by atomic mass is 16.5. The van der Waals surface area contributed by atoms with Gasteiger partial charge < -0.3 is 4.74 Å². The molecular weight excluding hydrogens is 232 g/mol. The van der Waals surface area contributed by atoms with Gasteiger partial charge >= 0.3 is 0 Å². The quantitative estimate of drug-likeness (QED) is 0.784. The summed E-state index contributed by atoms with van der Waals surface area (Å²) >= 11 is 0. The zero-order chi connectivity index (χ0) is 12.9. The van der Waals surface area contributed by atoms with Crippen LogP contribution in [-0.2, 0) is 6.42 Å². The van der Waals surface area contributed by atoms with Gasteiger partial charge in [-0.2, -0.15) is 0 Å². The second-order valence-electron chi connectivity index (χ2n) is 7.36. The van der Waals surface area contributed by atoms with E-state index in [1.54, 1.807) is 7.11 Å². The number of ether oxygens (including phenoxy) is 1. The molecule has 0 atom stereocenters. The van der Waals surface area contributed by atoms with Crippen LogP contribution in [-0.4, -0.2) is 7.11 Å². The van der Waals surface area contributed by atoms with Gasteiger partial charge in [0.25, 0.3) is 0 Å². The van der Waals surface area contributed by atoms with E-state index in [1.165, 1.54) is 50.5 Å². The Hall–Kier alpha value is -0.980. The number of methoxy groups -OCH3 is 1. The van der Waals surface area contributed by atoms with Crippen LogP contribution in [0.3, 0.4) is 0 Å². The van der Waals surface area contributed by atoms with Gasteiger partial charge in [0.05, 0.1) is 7.11 Å². The van der Waals surface area contributed by atoms with Crippen molar-refractivity contribution in [3.63, 3.8) is 0 Å². The third-order valence-electron chi connectivity index (χ3n) is 5.80. The van der Waals surface area contributed by atoms with E-state index in [9.17, 15) is 0 Å². The van der Waals surface area contributed by atoms with Crippen molar-refractivity contribution in [3.8, 4) is 5.75 Å². The molecule has 1 nitrogen and oxygen atoms in total. The summed E-state index contributed by atoms with van der Waals surface area (Å²) in [6.07, 6.45) is 10.3. The van der Waals surface area contributed by atoms with Crippen LogP contribution in [0, 0.1) is 29.2 Å². The molecule has 1 aromatic carbocycles. The molecule has 4 aliphatic carbocycles. The number of benzene rings is 1. The maximum atomic E-state index is 5.32. The zero-order valence-corrected chi connectivity index (χ0v) is 11.8. The zero-order valence-electron chi connectivity index (χ0n) is 11.8. The molecule has 1 aromatic rings. The second-order valence-corrected chi connectivity index (χ2v) is 7.36. The standard InChI is InChI=1S/C18H23O/c1-19-17-4-2-3-13(8-17)9-18-10-14-5-15(11-18)7-16(6-14)12-18/h2-3,8,14-16H,5-7,9-12H2,1H3. The highest BCUT2D eigenvalue weighted by Gasteiger charge is 2.50. The lowest BCUT2D eigenvalue weighted by Gasteiger charge is -2.57. The summed E-state index contributed by atoms with van der Waals surface area (Å²) in [5.41, 5.74) is 2.08. The van der Waals surface area contributed by atoms with E-state index in [0.717, 1.165) is 23.5 Å². The van der Waals surface area contributed by atoms with Crippen molar-refractivity contribution >= 4 is 0 Å². The summed E-state index contributed by atoms with van der Waals surface area (Å²) in [5.74, 6) is 4.03. The van der Waals surface area contributed by atoms with Crippen LogP contribution in [0.5, 0.6) is 5.75 Å². The molecule has 0 amide bonds. The van der Waals surface area contributed by atoms with Crippen LogP contribution in [0.25, 0.3) is 0 Å². The Kier molecular flexibility index (Phi) is 2.65. The van der Waals surface area contributed by atoms with Crippen LogP contribution in [0.1, 0.15) is 44.1 Å². The van der Waals surface area contributed by atoms with Crippen LogP contribution in [0.15, 0.2) is 18.2 Å². The first kappa shape index (κ1) is 11.8. The van der Waals surface area contributed by atoms with Crippen molar-refractivity contribution in [2.45, 2.75) is 44.9 Å². The Morgan fingerprint density at radius 3 is 2.37 bits per heavy atom. The summed E-state index contributed by atoms with van der Waals surface area (Å²) in [6.45, 7) is 0. The molecule has 0 N–H and O–H groups in total. The summed E-state index contributed by atoms with van der Waals surface area (Å²) in [5, 5.41) is 0. The Balaban J connectivity index is 1.58. The van der Waals surface area contributed by atoms with Crippen LogP contribution >= 0.6 is 0 Å². The highest BCUT2D eigenvalue weighted by Crippen LogP contribution is 2.61. The molecule has 0 spiro atoms. The summed E-state index contributed by atoms with van der Waals surface area (Å²) in [4.78, 5) is 0. The first-order chi connectivity index (χ1) is 9.25. The number of rotatable bonds is 3. The van der Waals surface area contributed by atoms with Crippen LogP contribution in [0.2, 0.25) is 0 Å². The SMILES string of the molecule is COc1[c]ccc(CC23CC4CC(CC(C4)C2)C3)c1. The molecule has 0 saturated heterocycles. The molecule has 101 valence electrons. The largest absolute Gasteiger partial charge is 0.496 e. The van der Waals surface area contributed by atoms with E-state index in [-0.39, 0.29) is 0 Å². The molecule has 1 heteroatoms. The lowest BCUT2D eigenvalue weighted by molar-refractivity contribution is -0.0521. The Morgan fingerprint density at radius 1 is 1.16 bits per heavy atom. The van der Waals surface area contributed by atoms with Crippen molar-refractivity contribution in [1.29, 1.82) is 0 Å². The van der Waals surface area contributed by atoms with E-state index >= 15 is 0 Å². The summed E-state index contributed by atoms with van der Waals surface area (Å²) < 4.78 is 5.32. The van der Waals surface area contributed by atoms with Gasteiger partial charge in [-0.15, -0.1) is 0 Å². The van der Waals surface area contributed by atoms with Gasteiger partial charge in [-0.05, 0) is 79.7 Å². The van der Waals surface area contributed by atoms with Gasteiger partial charge in [-0.25, -0.2) is 0 Å². The third kappa shape index (κ3) is 2.07. The monoisotopic (exact) mass is 255 g/mol. The smallest absolute Gasteiger partial charge is 0.127 e. The predicted octanol–water partition coefficient (Wildman–Crippen LogP) is 4.25. The van der Waals surface area contributed by atoms with Gasteiger partial charge in [0.15, 0.2) is 0 Å². The fraction of sp³-hybridized carbons (Fsp3) is 0.667. The normalized spacial score (nSPS) is 39.5. The van der Waals surface area contributed by atoms with Gasteiger partial charge in [0, 0.05) is 6.07 Å². The topological polar surface area (TPSA) is 9.23 Å². The van der Waals surface area contributed by atoms with Crippen molar-refractivity contribution in [2.75, 3.05) is 7.11 Å². The van der Waals surface area contributed by atoms with E-state index in [4.69, 9.17) is 4.74 Å². The molecule has 0 aromatic heterocycles. The number of hydrogen-bond donors (Lipinski definition) is 0. The predicted molar refractivity (Wildman–Crippen MR) is 76.1 cm³/mol. The fourth-order valence-corrected chi connectivity index (χ4v) is 5.66. The molecule has 4 bridgehead atoms. The molecule has 4 fully saturated rings. The van der Waals surface area contributed by atoms with E-state index in [2.05, 4.69) is 18.2 Å². The van der Waals surface area contributed by atoms with Crippen molar-refractivity contribution in [2.24, 2.45) is 23.2 Å². The molecule has 5 rings (SSSR count). The first-order valence-corrected chi connectivity index (χ1v) is 7.79. The molecule has 0 unspecified atom stereocenters. The van der Waals surface area contributed by atoms with Crippen LogP contribution < -0.4 is 4.74 Å². The average Bonchev–Trinajstić information content (AvgIpc) is 2.36. The molecule has 4 aliphatic rings. The second kappa shape index (κ2) is 4.26. The summed E-state index contributed by atoms with van der Waals surface area (Å²) in [6, 6.07) is 9.60. The van der Waals surface area contributed by atoms with E-state index in [0.29, 0.717) is 5.41 Å². The highest BCUT2D eigenvalue weighted by molar-refractivity contribution is 5.28. The maximum absolute atomic E-state index is 5.32. The van der Waals surface area contributed by atoms with Gasteiger partial charge in [-0.1, -0.05) is 12.1 Å². The third-order valence-corrected chi connectivity index (χ3v) is 5.80. The van der Waals surface area contributed by atoms with Crippen molar-refractivity contribution < 1.29 is 4.74 Å². The van der Waals surface area contributed by atoms with E-state index < -0.39 is 0 Å². The molecule has 0 heterocycles. The minimum atomic E-state index is 0.626. The van der Waals surface area contributed by atoms with Gasteiger partial charge in [0.2, 0.25) is 0 Å². The van der Waals surface area contributed by atoms with Crippen molar-refractivity contribution in [1.82, 2.24) is 0 Å². The average molecular weight is 255 g/mol. The van der Waals surface area contributed by atoms with Crippen LogP contribution in [0.4, 0.5) is 0 Å². The molecule has 4 saturated carbocycles. The molecule has 1 radical (unpaired) electrons. The minimum Gasteiger partial charge on any atom is -0.496 e. The molecule has 0 aliphatic heterocycles. The van der Waals surface area contributed by atoms with Gasteiger partial charge in [0.1, 0.15) is 5.75 Å². The lowest BCUT2D eigenvalue weighted by Crippen LogP contribution is -2.47. The first-order valence-electron chi connectivity index (χ1n) is 7.79. The fourth-order valence-electron chi connectivity index (χ4n) is 5.66. The molecule has 19 heavy (non-hydrogen) atoms. The number of hydrogen-bond acceptors (Lipinski definition) is 1.